The van der Waals surface area contributed by atoms with Crippen LogP contribution in [0.3, 0.4) is 0 Å². The number of amides is 1. The minimum atomic E-state index is -0.509. The highest BCUT2D eigenvalue weighted by Gasteiger charge is 2.29. The van der Waals surface area contributed by atoms with Gasteiger partial charge in [0.2, 0.25) is 0 Å². The lowest BCUT2D eigenvalue weighted by Crippen LogP contribution is -2.50. The van der Waals surface area contributed by atoms with Gasteiger partial charge >= 0.3 is 0 Å². The number of hydrogen-bond donors (Lipinski definition) is 1. The van der Waals surface area contributed by atoms with E-state index < -0.39 is 6.10 Å². The van der Waals surface area contributed by atoms with Crippen molar-refractivity contribution in [3.63, 3.8) is 0 Å². The first-order chi connectivity index (χ1) is 9.50. The molecule has 1 aromatic rings. The molecule has 1 rings (SSSR count). The molecule has 0 heterocycles. The van der Waals surface area contributed by atoms with Crippen LogP contribution >= 0.6 is 0 Å². The van der Waals surface area contributed by atoms with Gasteiger partial charge in [-0.05, 0) is 51.2 Å². The summed E-state index contributed by atoms with van der Waals surface area (Å²) in [5, 5.41) is 3.09. The minimum absolute atomic E-state index is 0.0764. The molecule has 0 unspecified atom stereocenters. The van der Waals surface area contributed by atoms with Gasteiger partial charge in [0.05, 0.1) is 0 Å². The van der Waals surface area contributed by atoms with Crippen LogP contribution < -0.4 is 10.1 Å². The fourth-order valence-corrected chi connectivity index (χ4v) is 2.74. The van der Waals surface area contributed by atoms with Crippen LogP contribution in [-0.4, -0.2) is 17.6 Å². The van der Waals surface area contributed by atoms with E-state index in [1.165, 1.54) is 0 Å². The van der Waals surface area contributed by atoms with E-state index in [1.54, 1.807) is 6.92 Å². The SMILES string of the molecule is Cc1ccccc1O[C@@H](C)C(=O)NC(C)(C)CC(C)(C)C. The van der Waals surface area contributed by atoms with Gasteiger partial charge in [0.25, 0.3) is 5.91 Å². The van der Waals surface area contributed by atoms with Gasteiger partial charge in [-0.2, -0.15) is 0 Å². The number of aryl methyl sites for hydroxylation is 1. The highest BCUT2D eigenvalue weighted by atomic mass is 16.5. The average molecular weight is 291 g/mol. The van der Waals surface area contributed by atoms with Crippen molar-refractivity contribution in [1.29, 1.82) is 0 Å². The van der Waals surface area contributed by atoms with Crippen LogP contribution in [0.1, 0.15) is 53.5 Å². The smallest absolute Gasteiger partial charge is 0.261 e. The van der Waals surface area contributed by atoms with Crippen LogP contribution in [0.5, 0.6) is 5.75 Å². The summed E-state index contributed by atoms with van der Waals surface area (Å²) in [5.74, 6) is 0.682. The zero-order valence-electron chi connectivity index (χ0n) is 14.4. The fourth-order valence-electron chi connectivity index (χ4n) is 2.74. The van der Waals surface area contributed by atoms with Crippen LogP contribution in [0.15, 0.2) is 24.3 Å². The predicted octanol–water partition coefficient (Wildman–Crippen LogP) is 4.09. The number of carbonyl (C=O) groups excluding carboxylic acids is 1. The largest absolute Gasteiger partial charge is 0.481 e. The van der Waals surface area contributed by atoms with Crippen molar-refractivity contribution in [3.8, 4) is 5.75 Å². The summed E-state index contributed by atoms with van der Waals surface area (Å²) in [5.41, 5.74) is 0.946. The zero-order chi connectivity index (χ0) is 16.3. The van der Waals surface area contributed by atoms with E-state index in [-0.39, 0.29) is 16.9 Å². The molecule has 0 fully saturated rings. The molecule has 118 valence electrons. The molecule has 0 aliphatic carbocycles. The predicted molar refractivity (Wildman–Crippen MR) is 87.6 cm³/mol. The van der Waals surface area contributed by atoms with Gasteiger partial charge in [-0.25, -0.2) is 0 Å². The van der Waals surface area contributed by atoms with Crippen molar-refractivity contribution in [2.75, 3.05) is 0 Å². The van der Waals surface area contributed by atoms with Crippen molar-refractivity contribution in [2.24, 2.45) is 5.41 Å². The molecule has 21 heavy (non-hydrogen) atoms. The first-order valence-electron chi connectivity index (χ1n) is 7.54. The molecule has 1 aromatic carbocycles. The lowest BCUT2D eigenvalue weighted by atomic mass is 9.81. The number of hydrogen-bond acceptors (Lipinski definition) is 2. The first kappa shape index (κ1) is 17.5. The van der Waals surface area contributed by atoms with Gasteiger partial charge in [0, 0.05) is 5.54 Å². The second-order valence-electron chi connectivity index (χ2n) is 7.64. The van der Waals surface area contributed by atoms with Gasteiger partial charge in [0.1, 0.15) is 5.75 Å². The maximum absolute atomic E-state index is 12.3. The molecule has 3 nitrogen and oxygen atoms in total. The molecule has 1 N–H and O–H groups in total. The number of rotatable bonds is 5. The molecular formula is C18H29NO2. The molecule has 0 aliphatic heterocycles. The van der Waals surface area contributed by atoms with Crippen molar-refractivity contribution < 1.29 is 9.53 Å². The molecule has 0 radical (unpaired) electrons. The Morgan fingerprint density at radius 2 is 1.76 bits per heavy atom. The molecular weight excluding hydrogens is 262 g/mol. The summed E-state index contributed by atoms with van der Waals surface area (Å²) in [6.45, 7) is 14.4. The summed E-state index contributed by atoms with van der Waals surface area (Å²) in [7, 11) is 0. The third kappa shape index (κ3) is 6.19. The fraction of sp³-hybridized carbons (Fsp3) is 0.611. The molecule has 0 bridgehead atoms. The number of para-hydroxylation sites is 1. The first-order valence-corrected chi connectivity index (χ1v) is 7.54. The number of carbonyl (C=O) groups is 1. The number of nitrogens with one attached hydrogen (secondary N) is 1. The van der Waals surface area contributed by atoms with E-state index in [1.807, 2.05) is 31.2 Å². The summed E-state index contributed by atoms with van der Waals surface area (Å²) in [4.78, 5) is 12.3. The molecule has 1 amide bonds. The van der Waals surface area contributed by atoms with Crippen molar-refractivity contribution in [2.45, 2.75) is 66.5 Å². The third-order valence-corrected chi connectivity index (χ3v) is 3.20. The Labute approximate surface area is 129 Å². The van der Waals surface area contributed by atoms with E-state index in [4.69, 9.17) is 4.74 Å². The Morgan fingerprint density at radius 3 is 2.29 bits per heavy atom. The monoisotopic (exact) mass is 291 g/mol. The van der Waals surface area contributed by atoms with Crippen LogP contribution in [0, 0.1) is 12.3 Å². The van der Waals surface area contributed by atoms with Gasteiger partial charge in [0.15, 0.2) is 6.10 Å². The maximum Gasteiger partial charge on any atom is 0.261 e. The molecule has 3 heteroatoms. The number of ether oxygens (including phenoxy) is 1. The third-order valence-electron chi connectivity index (χ3n) is 3.20. The van der Waals surface area contributed by atoms with E-state index in [0.29, 0.717) is 0 Å². The Hall–Kier alpha value is -1.51. The molecule has 0 spiro atoms. The van der Waals surface area contributed by atoms with E-state index in [2.05, 4.69) is 39.9 Å². The van der Waals surface area contributed by atoms with E-state index in [9.17, 15) is 4.79 Å². The Morgan fingerprint density at radius 1 is 1.19 bits per heavy atom. The minimum Gasteiger partial charge on any atom is -0.481 e. The van der Waals surface area contributed by atoms with Crippen molar-refractivity contribution in [1.82, 2.24) is 5.32 Å². The van der Waals surface area contributed by atoms with Gasteiger partial charge in [-0.15, -0.1) is 0 Å². The van der Waals surface area contributed by atoms with E-state index >= 15 is 0 Å². The molecule has 0 saturated heterocycles. The highest BCUT2D eigenvalue weighted by molar-refractivity contribution is 5.81. The van der Waals surface area contributed by atoms with Crippen LogP contribution in [0.2, 0.25) is 0 Å². The summed E-state index contributed by atoms with van der Waals surface area (Å²) >= 11 is 0. The number of benzene rings is 1. The molecule has 1 atom stereocenters. The topological polar surface area (TPSA) is 38.3 Å². The second-order valence-corrected chi connectivity index (χ2v) is 7.64. The zero-order valence-corrected chi connectivity index (χ0v) is 14.4. The van der Waals surface area contributed by atoms with Gasteiger partial charge in [-0.3, -0.25) is 4.79 Å². The Bertz CT molecular complexity index is 486. The lowest BCUT2D eigenvalue weighted by molar-refractivity contribution is -0.129. The van der Waals surface area contributed by atoms with Crippen LogP contribution in [-0.2, 0) is 4.79 Å². The Balaban J connectivity index is 2.65. The average Bonchev–Trinajstić information content (AvgIpc) is 2.28. The van der Waals surface area contributed by atoms with Crippen LogP contribution in [0.4, 0.5) is 0 Å². The van der Waals surface area contributed by atoms with Crippen molar-refractivity contribution >= 4 is 5.91 Å². The highest BCUT2D eigenvalue weighted by Crippen LogP contribution is 2.27. The standard InChI is InChI=1S/C18H29NO2/c1-13-10-8-9-11-15(13)21-14(2)16(20)19-18(6,7)12-17(3,4)5/h8-11,14H,12H2,1-7H3,(H,19,20)/t14-/m0/s1. The van der Waals surface area contributed by atoms with Gasteiger partial charge in [-0.1, -0.05) is 39.0 Å². The molecule has 0 aromatic heterocycles. The van der Waals surface area contributed by atoms with Crippen molar-refractivity contribution in [3.05, 3.63) is 29.8 Å². The lowest BCUT2D eigenvalue weighted by Gasteiger charge is -2.34. The van der Waals surface area contributed by atoms with Crippen LogP contribution in [0.25, 0.3) is 0 Å². The Kier molecular flexibility index (Phi) is 5.43. The second kappa shape index (κ2) is 6.50. The maximum atomic E-state index is 12.3. The summed E-state index contributed by atoms with van der Waals surface area (Å²) < 4.78 is 5.77. The van der Waals surface area contributed by atoms with E-state index in [0.717, 1.165) is 17.7 Å². The quantitative estimate of drug-likeness (QED) is 0.887. The normalized spacial score (nSPS) is 13.7. The summed E-state index contributed by atoms with van der Waals surface area (Å²) in [6, 6.07) is 7.73. The van der Waals surface area contributed by atoms with Gasteiger partial charge < -0.3 is 10.1 Å². The summed E-state index contributed by atoms with van der Waals surface area (Å²) in [6.07, 6.45) is 0.397. The molecule has 0 aliphatic rings. The molecule has 0 saturated carbocycles.